The molecule has 0 unspecified atom stereocenters. The maximum Gasteiger partial charge on any atom is 0.319 e. The van der Waals surface area contributed by atoms with Crippen LogP contribution in [-0.4, -0.2) is 32.1 Å². The van der Waals surface area contributed by atoms with Gasteiger partial charge in [-0.25, -0.2) is 4.39 Å². The first-order chi connectivity index (χ1) is 13.1. The van der Waals surface area contributed by atoms with Crippen LogP contribution in [0.4, 0.5) is 4.39 Å². The highest BCUT2D eigenvalue weighted by atomic mass is 32.2. The van der Waals surface area contributed by atoms with Gasteiger partial charge in [-0.1, -0.05) is 54.2 Å². The van der Waals surface area contributed by atoms with Gasteiger partial charge in [-0.2, -0.15) is 0 Å². The van der Waals surface area contributed by atoms with Crippen LogP contribution in [0.5, 0.6) is 0 Å². The number of cyclic esters (lactones) is 1. The Balaban J connectivity index is 1.73. The molecule has 1 aliphatic rings. The Hall–Kier alpha value is -2.67. The van der Waals surface area contributed by atoms with Gasteiger partial charge in [-0.05, 0) is 24.6 Å². The van der Waals surface area contributed by atoms with Crippen LogP contribution in [0.25, 0.3) is 11.4 Å². The lowest BCUT2D eigenvalue weighted by Gasteiger charge is -2.12. The molecule has 2 aromatic carbocycles. The second kappa shape index (κ2) is 7.52. The highest BCUT2D eigenvalue weighted by Crippen LogP contribution is 2.34. The summed E-state index contributed by atoms with van der Waals surface area (Å²) in [6, 6.07) is 16.3. The molecule has 138 valence electrons. The predicted molar refractivity (Wildman–Crippen MR) is 101 cm³/mol. The molecule has 5 nitrogen and oxygen atoms in total. The normalized spacial score (nSPS) is 19.3. The van der Waals surface area contributed by atoms with Gasteiger partial charge in [0.25, 0.3) is 0 Å². The molecule has 2 heterocycles. The smallest absolute Gasteiger partial charge is 0.319 e. The molecule has 1 aliphatic heterocycles. The third kappa shape index (κ3) is 3.73. The minimum absolute atomic E-state index is 0.105. The summed E-state index contributed by atoms with van der Waals surface area (Å²) in [6.07, 6.45) is 0.517. The van der Waals surface area contributed by atoms with Crippen molar-refractivity contribution in [2.24, 2.45) is 0 Å². The SMILES string of the molecule is C[C@H]1C[C@@H](Sc2nnc(-c3ccccc3F)n2Cc2ccccc2)C(=O)O1. The third-order valence-electron chi connectivity index (χ3n) is 4.39. The van der Waals surface area contributed by atoms with Crippen molar-refractivity contribution in [3.8, 4) is 11.4 Å². The lowest BCUT2D eigenvalue weighted by atomic mass is 10.2. The summed E-state index contributed by atoms with van der Waals surface area (Å²) in [5.74, 6) is -0.155. The minimum atomic E-state index is -0.357. The van der Waals surface area contributed by atoms with Gasteiger partial charge in [-0.3, -0.25) is 9.36 Å². The fourth-order valence-electron chi connectivity index (χ4n) is 3.07. The molecule has 0 radical (unpaired) electrons. The molecule has 27 heavy (non-hydrogen) atoms. The highest BCUT2D eigenvalue weighted by molar-refractivity contribution is 8.00. The standard InChI is InChI=1S/C20H18FN3O2S/c1-13-11-17(19(25)26-13)27-20-23-22-18(15-9-5-6-10-16(15)21)24(20)12-14-7-3-2-4-8-14/h2-10,13,17H,11-12H2,1H3/t13-,17+/m0/s1. The summed E-state index contributed by atoms with van der Waals surface area (Å²) >= 11 is 1.32. The molecular formula is C20H18FN3O2S. The molecular weight excluding hydrogens is 365 g/mol. The van der Waals surface area contributed by atoms with E-state index in [1.54, 1.807) is 18.2 Å². The van der Waals surface area contributed by atoms with Crippen LogP contribution in [0, 0.1) is 5.82 Å². The Morgan fingerprint density at radius 2 is 1.89 bits per heavy atom. The molecule has 2 atom stereocenters. The van der Waals surface area contributed by atoms with Gasteiger partial charge >= 0.3 is 5.97 Å². The zero-order valence-electron chi connectivity index (χ0n) is 14.7. The number of thioether (sulfide) groups is 1. The lowest BCUT2D eigenvalue weighted by molar-refractivity contribution is -0.140. The van der Waals surface area contributed by atoms with Crippen molar-refractivity contribution in [1.29, 1.82) is 0 Å². The third-order valence-corrected chi connectivity index (χ3v) is 5.57. The van der Waals surface area contributed by atoms with Crippen LogP contribution in [0.1, 0.15) is 18.9 Å². The summed E-state index contributed by atoms with van der Waals surface area (Å²) in [7, 11) is 0. The summed E-state index contributed by atoms with van der Waals surface area (Å²) < 4.78 is 21.5. The van der Waals surface area contributed by atoms with Crippen LogP contribution >= 0.6 is 11.8 Å². The number of esters is 1. The number of rotatable bonds is 5. The summed E-state index contributed by atoms with van der Waals surface area (Å²) in [5.41, 5.74) is 1.43. The Kier molecular flexibility index (Phi) is 4.94. The molecule has 1 saturated heterocycles. The first-order valence-electron chi connectivity index (χ1n) is 8.71. The molecule has 0 saturated carbocycles. The van der Waals surface area contributed by atoms with Gasteiger partial charge in [0.15, 0.2) is 11.0 Å². The number of aromatic nitrogens is 3. The van der Waals surface area contributed by atoms with E-state index in [9.17, 15) is 9.18 Å². The van der Waals surface area contributed by atoms with Crippen LogP contribution in [-0.2, 0) is 16.1 Å². The highest BCUT2D eigenvalue weighted by Gasteiger charge is 2.34. The Morgan fingerprint density at radius 1 is 1.15 bits per heavy atom. The van der Waals surface area contributed by atoms with Crippen LogP contribution < -0.4 is 0 Å². The molecule has 0 aliphatic carbocycles. The Bertz CT molecular complexity index is 961. The summed E-state index contributed by atoms with van der Waals surface area (Å²) in [4.78, 5) is 12.0. The van der Waals surface area contributed by atoms with Crippen molar-refractivity contribution in [3.63, 3.8) is 0 Å². The average molecular weight is 383 g/mol. The monoisotopic (exact) mass is 383 g/mol. The van der Waals surface area contributed by atoms with Gasteiger partial charge in [0.2, 0.25) is 0 Å². The first kappa shape index (κ1) is 17.7. The molecule has 4 rings (SSSR count). The molecule has 3 aromatic rings. The molecule has 1 fully saturated rings. The predicted octanol–water partition coefficient (Wildman–Crippen LogP) is 3.93. The molecule has 0 N–H and O–H groups in total. The van der Waals surface area contributed by atoms with E-state index < -0.39 is 0 Å². The number of halogens is 1. The molecule has 0 spiro atoms. The van der Waals surface area contributed by atoms with E-state index in [2.05, 4.69) is 10.2 Å². The number of carbonyl (C=O) groups excluding carboxylic acids is 1. The van der Waals surface area contributed by atoms with Crippen LogP contribution in [0.15, 0.2) is 59.8 Å². The number of hydrogen-bond acceptors (Lipinski definition) is 5. The molecule has 1 aromatic heterocycles. The topological polar surface area (TPSA) is 57.0 Å². The molecule has 0 amide bonds. The van der Waals surface area contributed by atoms with Crippen molar-refractivity contribution in [3.05, 3.63) is 66.0 Å². The van der Waals surface area contributed by atoms with Crippen molar-refractivity contribution >= 4 is 17.7 Å². The number of benzene rings is 2. The number of hydrogen-bond donors (Lipinski definition) is 0. The van der Waals surface area contributed by atoms with E-state index in [0.717, 1.165) is 5.56 Å². The van der Waals surface area contributed by atoms with Crippen molar-refractivity contribution < 1.29 is 13.9 Å². The average Bonchev–Trinajstić information content (AvgIpc) is 3.19. The van der Waals surface area contributed by atoms with Crippen LogP contribution in [0.2, 0.25) is 0 Å². The van der Waals surface area contributed by atoms with E-state index in [4.69, 9.17) is 4.74 Å². The first-order valence-corrected chi connectivity index (χ1v) is 9.59. The maximum atomic E-state index is 14.4. The maximum absolute atomic E-state index is 14.4. The van der Waals surface area contributed by atoms with E-state index in [1.165, 1.54) is 17.8 Å². The number of nitrogens with zero attached hydrogens (tertiary/aromatic N) is 3. The van der Waals surface area contributed by atoms with Crippen molar-refractivity contribution in [1.82, 2.24) is 14.8 Å². The lowest BCUT2D eigenvalue weighted by Crippen LogP contribution is -2.12. The second-order valence-electron chi connectivity index (χ2n) is 6.45. The number of ether oxygens (including phenoxy) is 1. The van der Waals surface area contributed by atoms with E-state index in [0.29, 0.717) is 29.5 Å². The summed E-state index contributed by atoms with van der Waals surface area (Å²) in [6.45, 7) is 2.36. The number of carbonyl (C=O) groups is 1. The minimum Gasteiger partial charge on any atom is -0.462 e. The summed E-state index contributed by atoms with van der Waals surface area (Å²) in [5, 5.41) is 8.73. The largest absolute Gasteiger partial charge is 0.462 e. The second-order valence-corrected chi connectivity index (χ2v) is 7.62. The van der Waals surface area contributed by atoms with Gasteiger partial charge in [0.1, 0.15) is 17.2 Å². The zero-order chi connectivity index (χ0) is 18.8. The fraction of sp³-hybridized carbons (Fsp3) is 0.250. The van der Waals surface area contributed by atoms with Gasteiger partial charge in [-0.15, -0.1) is 10.2 Å². The quantitative estimate of drug-likeness (QED) is 0.625. The molecule has 0 bridgehead atoms. The van der Waals surface area contributed by atoms with Crippen molar-refractivity contribution in [2.45, 2.75) is 36.4 Å². The molecule has 7 heteroatoms. The Morgan fingerprint density at radius 3 is 2.59 bits per heavy atom. The van der Waals surface area contributed by atoms with Gasteiger partial charge in [0, 0.05) is 6.42 Å². The van der Waals surface area contributed by atoms with Gasteiger partial charge < -0.3 is 4.74 Å². The van der Waals surface area contributed by atoms with Gasteiger partial charge in [0.05, 0.1) is 12.1 Å². The van der Waals surface area contributed by atoms with E-state index in [1.807, 2.05) is 41.8 Å². The van der Waals surface area contributed by atoms with E-state index in [-0.39, 0.29) is 23.1 Å². The van der Waals surface area contributed by atoms with Crippen molar-refractivity contribution in [2.75, 3.05) is 0 Å². The van der Waals surface area contributed by atoms with E-state index >= 15 is 0 Å². The fourth-order valence-corrected chi connectivity index (χ4v) is 4.21. The Labute approximate surface area is 160 Å². The van der Waals surface area contributed by atoms with Crippen LogP contribution in [0.3, 0.4) is 0 Å². The zero-order valence-corrected chi connectivity index (χ0v) is 15.5.